The van der Waals surface area contributed by atoms with Gasteiger partial charge in [0.15, 0.2) is 14.8 Å². The van der Waals surface area contributed by atoms with E-state index in [0.717, 1.165) is 22.5 Å². The zero-order valence-corrected chi connectivity index (χ0v) is 15.9. The predicted octanol–water partition coefficient (Wildman–Crippen LogP) is 3.72. The van der Waals surface area contributed by atoms with Crippen LogP contribution in [0.3, 0.4) is 0 Å². The first-order chi connectivity index (χ1) is 12.9. The minimum Gasteiger partial charge on any atom is -0.322 e. The fourth-order valence-corrected chi connectivity index (χ4v) is 4.03. The molecule has 4 rings (SSSR count). The number of fused-ring (bicyclic) bond motifs is 1. The third-order valence-electron chi connectivity index (χ3n) is 4.06. The van der Waals surface area contributed by atoms with Crippen molar-refractivity contribution in [2.45, 2.75) is 4.90 Å². The number of amides is 1. The van der Waals surface area contributed by atoms with E-state index < -0.39 is 9.84 Å². The van der Waals surface area contributed by atoms with Crippen molar-refractivity contribution in [3.05, 3.63) is 71.9 Å². The molecule has 2 aromatic heterocycles. The fourth-order valence-electron chi connectivity index (χ4n) is 2.66. The molecule has 27 heavy (non-hydrogen) atoms. The lowest BCUT2D eigenvalue weighted by Gasteiger charge is -2.07. The van der Waals surface area contributed by atoms with Gasteiger partial charge in [-0.1, -0.05) is 18.2 Å². The van der Waals surface area contributed by atoms with Crippen LogP contribution in [0.5, 0.6) is 0 Å². The molecule has 2 heterocycles. The normalized spacial score (nSPS) is 11.6. The number of sulfone groups is 1. The first-order valence-corrected chi connectivity index (χ1v) is 10.8. The Morgan fingerprint density at radius 3 is 2.63 bits per heavy atom. The number of anilines is 1. The molecule has 0 atom stereocenters. The van der Waals surface area contributed by atoms with Crippen molar-refractivity contribution in [2.24, 2.45) is 0 Å². The maximum atomic E-state index is 12.4. The summed E-state index contributed by atoms with van der Waals surface area (Å²) in [6.07, 6.45) is 5.02. The summed E-state index contributed by atoms with van der Waals surface area (Å²) < 4.78 is 25.3. The zero-order chi connectivity index (χ0) is 19.0. The van der Waals surface area contributed by atoms with Gasteiger partial charge in [-0.2, -0.15) is 0 Å². The minimum absolute atomic E-state index is 0.116. The van der Waals surface area contributed by atoms with Gasteiger partial charge in [0.2, 0.25) is 0 Å². The first kappa shape index (κ1) is 17.4. The summed E-state index contributed by atoms with van der Waals surface area (Å²) in [5, 5.41) is 4.76. The molecule has 0 saturated heterocycles. The van der Waals surface area contributed by atoms with Crippen molar-refractivity contribution < 1.29 is 13.2 Å². The van der Waals surface area contributed by atoms with Crippen molar-refractivity contribution in [3.8, 4) is 11.3 Å². The molecule has 0 fully saturated rings. The van der Waals surface area contributed by atoms with E-state index >= 15 is 0 Å². The SMILES string of the molecule is CS(=O)(=O)c1cccc(C(=O)Nc2ccc(-c3cn4ccsc4n3)cc2)c1. The largest absolute Gasteiger partial charge is 0.322 e. The van der Waals surface area contributed by atoms with E-state index in [1.165, 1.54) is 12.1 Å². The number of nitrogens with one attached hydrogen (secondary N) is 1. The Morgan fingerprint density at radius 2 is 1.93 bits per heavy atom. The molecule has 2 aromatic carbocycles. The molecule has 0 saturated carbocycles. The van der Waals surface area contributed by atoms with Gasteiger partial charge in [-0.15, -0.1) is 11.3 Å². The Kier molecular flexibility index (Phi) is 4.29. The number of nitrogens with zero attached hydrogens (tertiary/aromatic N) is 2. The summed E-state index contributed by atoms with van der Waals surface area (Å²) >= 11 is 1.57. The molecule has 0 aliphatic rings. The van der Waals surface area contributed by atoms with E-state index in [2.05, 4.69) is 10.3 Å². The number of benzene rings is 2. The van der Waals surface area contributed by atoms with E-state index in [1.807, 2.05) is 34.3 Å². The molecule has 0 unspecified atom stereocenters. The van der Waals surface area contributed by atoms with Gasteiger partial charge < -0.3 is 5.32 Å². The Hall–Kier alpha value is -2.97. The topological polar surface area (TPSA) is 80.5 Å². The second-order valence-corrected chi connectivity index (χ2v) is 8.94. The van der Waals surface area contributed by atoms with Crippen LogP contribution in [0.2, 0.25) is 0 Å². The highest BCUT2D eigenvalue weighted by molar-refractivity contribution is 7.90. The number of imidazole rings is 1. The maximum Gasteiger partial charge on any atom is 0.255 e. The molecular formula is C19H15N3O3S2. The summed E-state index contributed by atoms with van der Waals surface area (Å²) in [7, 11) is -3.36. The van der Waals surface area contributed by atoms with Crippen LogP contribution in [0.4, 0.5) is 5.69 Å². The lowest BCUT2D eigenvalue weighted by atomic mass is 10.1. The number of rotatable bonds is 4. The van der Waals surface area contributed by atoms with E-state index in [9.17, 15) is 13.2 Å². The van der Waals surface area contributed by atoms with Crippen molar-refractivity contribution in [1.29, 1.82) is 0 Å². The minimum atomic E-state index is -3.36. The van der Waals surface area contributed by atoms with Crippen LogP contribution in [0, 0.1) is 0 Å². The van der Waals surface area contributed by atoms with Crippen LogP contribution in [0.25, 0.3) is 16.2 Å². The molecule has 1 amide bonds. The second-order valence-electron chi connectivity index (χ2n) is 6.05. The van der Waals surface area contributed by atoms with Crippen molar-refractivity contribution >= 4 is 37.7 Å². The van der Waals surface area contributed by atoms with Crippen LogP contribution in [-0.4, -0.2) is 30.0 Å². The molecule has 8 heteroatoms. The predicted molar refractivity (Wildman–Crippen MR) is 106 cm³/mol. The van der Waals surface area contributed by atoms with E-state index in [0.29, 0.717) is 5.69 Å². The van der Waals surface area contributed by atoms with Gasteiger partial charge in [0.25, 0.3) is 5.91 Å². The molecule has 0 spiro atoms. The number of hydrogen-bond acceptors (Lipinski definition) is 5. The monoisotopic (exact) mass is 397 g/mol. The molecule has 136 valence electrons. The summed E-state index contributed by atoms with van der Waals surface area (Å²) in [4.78, 5) is 18.0. The summed E-state index contributed by atoms with van der Waals surface area (Å²) in [6.45, 7) is 0. The molecule has 1 N–H and O–H groups in total. The van der Waals surface area contributed by atoms with Crippen molar-refractivity contribution in [1.82, 2.24) is 9.38 Å². The highest BCUT2D eigenvalue weighted by atomic mass is 32.2. The molecular weight excluding hydrogens is 382 g/mol. The molecule has 0 aliphatic carbocycles. The lowest BCUT2D eigenvalue weighted by Crippen LogP contribution is -2.12. The number of aromatic nitrogens is 2. The standard InChI is InChI=1S/C19H15N3O3S2/c1-27(24,25)16-4-2-3-14(11-16)18(23)20-15-7-5-13(6-8-15)17-12-22-9-10-26-19(22)21-17/h2-12H,1H3,(H,20,23). The van der Waals surface area contributed by atoms with Gasteiger partial charge in [-0.3, -0.25) is 9.20 Å². The third kappa shape index (κ3) is 3.62. The Morgan fingerprint density at radius 1 is 1.15 bits per heavy atom. The number of carbonyl (C=O) groups is 1. The highest BCUT2D eigenvalue weighted by Gasteiger charge is 2.12. The molecule has 6 nitrogen and oxygen atoms in total. The average molecular weight is 397 g/mol. The maximum absolute atomic E-state index is 12.4. The first-order valence-electron chi connectivity index (χ1n) is 8.04. The van der Waals surface area contributed by atoms with Gasteiger partial charge in [0.05, 0.1) is 10.6 Å². The van der Waals surface area contributed by atoms with Gasteiger partial charge in [0.1, 0.15) is 0 Å². The second kappa shape index (κ2) is 6.64. The molecule has 0 bridgehead atoms. The van der Waals surface area contributed by atoms with Crippen molar-refractivity contribution in [2.75, 3.05) is 11.6 Å². The van der Waals surface area contributed by atoms with E-state index in [-0.39, 0.29) is 16.4 Å². The van der Waals surface area contributed by atoms with Gasteiger partial charge in [-0.05, 0) is 30.3 Å². The van der Waals surface area contributed by atoms with Gasteiger partial charge >= 0.3 is 0 Å². The Bertz CT molecular complexity index is 1210. The van der Waals surface area contributed by atoms with Crippen LogP contribution in [0.15, 0.2) is 71.2 Å². The number of hydrogen-bond donors (Lipinski definition) is 1. The van der Waals surface area contributed by atoms with Gasteiger partial charge in [0, 0.05) is 40.8 Å². The van der Waals surface area contributed by atoms with Crippen LogP contribution < -0.4 is 5.32 Å². The Balaban J connectivity index is 1.53. The summed E-state index contributed by atoms with van der Waals surface area (Å²) in [5.41, 5.74) is 2.72. The smallest absolute Gasteiger partial charge is 0.255 e. The molecule has 4 aromatic rings. The van der Waals surface area contributed by atoms with Crippen LogP contribution in [-0.2, 0) is 9.84 Å². The molecule has 0 radical (unpaired) electrons. The van der Waals surface area contributed by atoms with Crippen molar-refractivity contribution in [3.63, 3.8) is 0 Å². The highest BCUT2D eigenvalue weighted by Crippen LogP contribution is 2.23. The van der Waals surface area contributed by atoms with Gasteiger partial charge in [-0.25, -0.2) is 13.4 Å². The summed E-state index contributed by atoms with van der Waals surface area (Å²) in [5.74, 6) is -0.365. The van der Waals surface area contributed by atoms with E-state index in [1.54, 1.807) is 35.6 Å². The van der Waals surface area contributed by atoms with Crippen LogP contribution in [0.1, 0.15) is 10.4 Å². The fraction of sp³-hybridized carbons (Fsp3) is 0.0526. The quantitative estimate of drug-likeness (QED) is 0.569. The lowest BCUT2D eigenvalue weighted by molar-refractivity contribution is 0.102. The summed E-state index contributed by atoms with van der Waals surface area (Å²) in [6, 6.07) is 13.3. The third-order valence-corrected chi connectivity index (χ3v) is 5.94. The average Bonchev–Trinajstić information content (AvgIpc) is 3.24. The van der Waals surface area contributed by atoms with Crippen LogP contribution >= 0.6 is 11.3 Å². The molecule has 0 aliphatic heterocycles. The zero-order valence-electron chi connectivity index (χ0n) is 14.3. The number of carbonyl (C=O) groups excluding carboxylic acids is 1. The van der Waals surface area contributed by atoms with E-state index in [4.69, 9.17) is 0 Å². The Labute approximate surface area is 160 Å². The number of thiazole rings is 1.